The van der Waals surface area contributed by atoms with Gasteiger partial charge in [0, 0.05) is 9.65 Å². The Morgan fingerprint density at radius 2 is 1.50 bits per heavy atom. The molecular formula is C9H18Br3O3P. The third-order valence-corrected chi connectivity index (χ3v) is 10.4. The van der Waals surface area contributed by atoms with Gasteiger partial charge in [-0.15, -0.1) is 0 Å². The van der Waals surface area contributed by atoms with Crippen molar-refractivity contribution in [1.82, 2.24) is 0 Å². The first-order valence-electron chi connectivity index (χ1n) is 5.14. The van der Waals surface area contributed by atoms with Crippen molar-refractivity contribution in [3.05, 3.63) is 0 Å². The Kier molecular flexibility index (Phi) is 7.33. The average Bonchev–Trinajstić information content (AvgIpc) is 2.23. The van der Waals surface area contributed by atoms with Crippen molar-refractivity contribution in [2.45, 2.75) is 53.3 Å². The maximum atomic E-state index is 11.4. The molecule has 0 aliphatic rings. The van der Waals surface area contributed by atoms with Crippen molar-refractivity contribution in [3.8, 4) is 0 Å². The van der Waals surface area contributed by atoms with Gasteiger partial charge in [-0.3, -0.25) is 4.57 Å². The lowest BCUT2D eigenvalue weighted by Crippen LogP contribution is -2.49. The Hall–Kier alpha value is 1.59. The van der Waals surface area contributed by atoms with E-state index in [4.69, 9.17) is 0 Å². The molecule has 16 heavy (non-hydrogen) atoms. The van der Waals surface area contributed by atoms with Crippen LogP contribution in [-0.4, -0.2) is 29.4 Å². The van der Waals surface area contributed by atoms with E-state index in [0.717, 1.165) is 12.8 Å². The molecule has 0 aliphatic heterocycles. The quantitative estimate of drug-likeness (QED) is 0.480. The Morgan fingerprint density at radius 1 is 1.19 bits per heavy atom. The summed E-state index contributed by atoms with van der Waals surface area (Å²) >= 11 is 10.6. The van der Waals surface area contributed by atoms with E-state index in [1.807, 2.05) is 13.8 Å². The van der Waals surface area contributed by atoms with Gasteiger partial charge < -0.3 is 9.79 Å². The molecule has 98 valence electrons. The maximum absolute atomic E-state index is 11.4. The number of halogens is 3. The molecule has 0 bridgehead atoms. The van der Waals surface area contributed by atoms with Crippen molar-refractivity contribution in [2.24, 2.45) is 0 Å². The molecular weight excluding hydrogens is 427 g/mol. The van der Waals surface area contributed by atoms with Gasteiger partial charge in [0.1, 0.15) is 0 Å². The molecule has 0 heterocycles. The van der Waals surface area contributed by atoms with Crippen LogP contribution in [0.5, 0.6) is 0 Å². The van der Waals surface area contributed by atoms with Crippen LogP contribution in [0.3, 0.4) is 0 Å². The SMILES string of the molecule is CCC(Br)C(Br)(C(Br)CC)C(C)P(=O)(O)O. The number of alkyl halides is 3. The van der Waals surface area contributed by atoms with Crippen molar-refractivity contribution >= 4 is 55.4 Å². The molecule has 7 heteroatoms. The monoisotopic (exact) mass is 442 g/mol. The molecule has 3 unspecified atom stereocenters. The molecule has 0 saturated heterocycles. The molecule has 2 N–H and O–H groups in total. The lowest BCUT2D eigenvalue weighted by atomic mass is 9.94. The summed E-state index contributed by atoms with van der Waals surface area (Å²) in [5.41, 5.74) is -0.756. The summed E-state index contributed by atoms with van der Waals surface area (Å²) in [5, 5.41) is 0. The van der Waals surface area contributed by atoms with Crippen molar-refractivity contribution < 1.29 is 14.4 Å². The molecule has 0 aromatic carbocycles. The van der Waals surface area contributed by atoms with Crippen LogP contribution in [0.15, 0.2) is 0 Å². The molecule has 0 amide bonds. The lowest BCUT2D eigenvalue weighted by Gasteiger charge is -2.41. The highest BCUT2D eigenvalue weighted by Crippen LogP contribution is 2.55. The van der Waals surface area contributed by atoms with Gasteiger partial charge in [0.05, 0.1) is 9.98 Å². The number of hydrogen-bond donors (Lipinski definition) is 2. The largest absolute Gasteiger partial charge is 0.329 e. The standard InChI is InChI=1S/C9H18Br3O3P/c1-4-7(10)9(12,8(11)5-2)6(3)16(13,14)15/h6-8H,4-5H2,1-3H3,(H2,13,14,15). The van der Waals surface area contributed by atoms with Gasteiger partial charge in [0.2, 0.25) is 0 Å². The van der Waals surface area contributed by atoms with Crippen LogP contribution in [0.25, 0.3) is 0 Å². The molecule has 3 atom stereocenters. The van der Waals surface area contributed by atoms with Crippen molar-refractivity contribution in [2.75, 3.05) is 0 Å². The Labute approximate surface area is 122 Å². The second-order valence-corrected chi connectivity index (χ2v) is 9.38. The summed E-state index contributed by atoms with van der Waals surface area (Å²) in [6.07, 6.45) is 1.58. The van der Waals surface area contributed by atoms with E-state index in [2.05, 4.69) is 47.8 Å². The van der Waals surface area contributed by atoms with Crippen LogP contribution in [0.1, 0.15) is 33.6 Å². The summed E-state index contributed by atoms with van der Waals surface area (Å²) in [5.74, 6) is 0. The highest BCUT2D eigenvalue weighted by molar-refractivity contribution is 9.14. The number of rotatable bonds is 6. The summed E-state index contributed by atoms with van der Waals surface area (Å²) < 4.78 is 10.8. The average molecular weight is 445 g/mol. The smallest absolute Gasteiger partial charge is 0.324 e. The molecule has 0 saturated carbocycles. The summed E-state index contributed by atoms with van der Waals surface area (Å²) in [6.45, 7) is 5.55. The van der Waals surface area contributed by atoms with Crippen LogP contribution in [0.2, 0.25) is 0 Å². The first kappa shape index (κ1) is 17.6. The Morgan fingerprint density at radius 3 is 1.69 bits per heavy atom. The predicted molar refractivity (Wildman–Crippen MR) is 79.2 cm³/mol. The highest BCUT2D eigenvalue weighted by atomic mass is 79.9. The fourth-order valence-electron chi connectivity index (χ4n) is 1.60. The van der Waals surface area contributed by atoms with Crippen LogP contribution in [-0.2, 0) is 4.57 Å². The van der Waals surface area contributed by atoms with E-state index in [9.17, 15) is 14.4 Å². The zero-order valence-electron chi connectivity index (χ0n) is 9.53. The molecule has 0 radical (unpaired) electrons. The van der Waals surface area contributed by atoms with Gasteiger partial charge in [0.15, 0.2) is 0 Å². The summed E-state index contributed by atoms with van der Waals surface area (Å²) in [6, 6.07) is 0. The van der Waals surface area contributed by atoms with E-state index in [1.54, 1.807) is 6.92 Å². The van der Waals surface area contributed by atoms with Crippen LogP contribution >= 0.6 is 55.4 Å². The molecule has 0 rings (SSSR count). The summed E-state index contributed by atoms with van der Waals surface area (Å²) in [4.78, 5) is 18.7. The van der Waals surface area contributed by atoms with Crippen LogP contribution in [0, 0.1) is 0 Å². The maximum Gasteiger partial charge on any atom is 0.329 e. The molecule has 0 fully saturated rings. The molecule has 0 aromatic heterocycles. The zero-order chi connectivity index (χ0) is 13.1. The van der Waals surface area contributed by atoms with Crippen molar-refractivity contribution in [3.63, 3.8) is 0 Å². The van der Waals surface area contributed by atoms with Gasteiger partial charge in [-0.1, -0.05) is 61.6 Å². The Bertz CT molecular complexity index is 259. The fraction of sp³-hybridized carbons (Fsp3) is 1.00. The minimum absolute atomic E-state index is 0.00745. The van der Waals surface area contributed by atoms with Gasteiger partial charge in [0.25, 0.3) is 0 Å². The summed E-state index contributed by atoms with van der Waals surface area (Å²) in [7, 11) is -4.12. The molecule has 0 aromatic rings. The topological polar surface area (TPSA) is 57.5 Å². The van der Waals surface area contributed by atoms with Gasteiger partial charge in [-0.05, 0) is 19.8 Å². The van der Waals surface area contributed by atoms with E-state index in [0.29, 0.717) is 0 Å². The fourth-order valence-corrected chi connectivity index (χ4v) is 6.12. The predicted octanol–water partition coefficient (Wildman–Crippen LogP) is 4.03. The third-order valence-electron chi connectivity index (χ3n) is 2.82. The molecule has 0 aliphatic carbocycles. The van der Waals surface area contributed by atoms with Gasteiger partial charge in [-0.2, -0.15) is 0 Å². The molecule has 0 spiro atoms. The second-order valence-electron chi connectivity index (χ2n) is 3.84. The number of hydrogen-bond acceptors (Lipinski definition) is 1. The van der Waals surface area contributed by atoms with E-state index in [1.165, 1.54) is 0 Å². The first-order chi connectivity index (χ1) is 7.12. The lowest BCUT2D eigenvalue weighted by molar-refractivity contribution is 0.343. The zero-order valence-corrected chi connectivity index (χ0v) is 15.2. The van der Waals surface area contributed by atoms with Gasteiger partial charge in [-0.25, -0.2) is 0 Å². The van der Waals surface area contributed by atoms with E-state index in [-0.39, 0.29) is 9.65 Å². The van der Waals surface area contributed by atoms with E-state index >= 15 is 0 Å². The Balaban J connectivity index is 5.32. The van der Waals surface area contributed by atoms with Crippen LogP contribution in [0.4, 0.5) is 0 Å². The minimum Gasteiger partial charge on any atom is -0.324 e. The first-order valence-corrected chi connectivity index (χ1v) is 9.45. The molecule has 3 nitrogen and oxygen atoms in total. The highest BCUT2D eigenvalue weighted by Gasteiger charge is 2.50. The van der Waals surface area contributed by atoms with E-state index < -0.39 is 17.6 Å². The minimum atomic E-state index is -4.12. The normalized spacial score (nSPS) is 22.2. The van der Waals surface area contributed by atoms with Crippen molar-refractivity contribution in [1.29, 1.82) is 0 Å². The third kappa shape index (κ3) is 3.79. The van der Waals surface area contributed by atoms with Gasteiger partial charge >= 0.3 is 7.60 Å². The van der Waals surface area contributed by atoms with Crippen LogP contribution < -0.4 is 0 Å². The second kappa shape index (κ2) is 6.67.